The number of alkyl halides is 3. The lowest BCUT2D eigenvalue weighted by atomic mass is 9.85. The summed E-state index contributed by atoms with van der Waals surface area (Å²) in [7, 11) is 3.24. The van der Waals surface area contributed by atoms with E-state index in [9.17, 15) is 27.2 Å². The summed E-state index contributed by atoms with van der Waals surface area (Å²) in [5.74, 6) is -2.00. The molecule has 2 amide bonds. The van der Waals surface area contributed by atoms with Crippen LogP contribution in [0.1, 0.15) is 34.3 Å². The maximum atomic E-state index is 14.9. The molecule has 0 bridgehead atoms. The Kier molecular flexibility index (Phi) is 6.49. The van der Waals surface area contributed by atoms with Crippen LogP contribution in [-0.4, -0.2) is 54.6 Å². The number of nitrogens with zero attached hydrogens (tertiary/aromatic N) is 4. The van der Waals surface area contributed by atoms with Crippen molar-refractivity contribution in [2.24, 2.45) is 0 Å². The van der Waals surface area contributed by atoms with Crippen LogP contribution < -0.4 is 15.1 Å². The van der Waals surface area contributed by atoms with Gasteiger partial charge in [-0.05, 0) is 68.5 Å². The third-order valence-corrected chi connectivity index (χ3v) is 6.96. The first-order valence-corrected chi connectivity index (χ1v) is 11.4. The van der Waals surface area contributed by atoms with Gasteiger partial charge in [0.05, 0.1) is 28.4 Å². The number of piperidine rings is 1. The van der Waals surface area contributed by atoms with Gasteiger partial charge in [0, 0.05) is 25.8 Å². The van der Waals surface area contributed by atoms with Crippen molar-refractivity contribution in [1.29, 1.82) is 5.26 Å². The van der Waals surface area contributed by atoms with Crippen molar-refractivity contribution in [1.82, 2.24) is 10.2 Å². The Bertz CT molecular complexity index is 1300. The largest absolute Gasteiger partial charge is 0.417 e. The number of halogens is 4. The van der Waals surface area contributed by atoms with Crippen molar-refractivity contribution in [3.63, 3.8) is 0 Å². The number of anilines is 2. The lowest BCUT2D eigenvalue weighted by Gasteiger charge is -2.41. The molecule has 0 radical (unpaired) electrons. The van der Waals surface area contributed by atoms with Gasteiger partial charge in [-0.3, -0.25) is 14.5 Å². The minimum absolute atomic E-state index is 0.116. The molecule has 0 unspecified atom stereocenters. The first kappa shape index (κ1) is 25.5. The molecule has 0 aliphatic carbocycles. The fourth-order valence-corrected chi connectivity index (χ4v) is 5.12. The van der Waals surface area contributed by atoms with Gasteiger partial charge in [0.2, 0.25) is 0 Å². The highest BCUT2D eigenvalue weighted by Gasteiger charge is 2.57. The number of nitrogens with one attached hydrogen (secondary N) is 1. The number of amides is 2. The third kappa shape index (κ3) is 4.08. The van der Waals surface area contributed by atoms with Crippen LogP contribution in [0.15, 0.2) is 36.4 Å². The fourth-order valence-electron chi connectivity index (χ4n) is 4.65. The molecule has 2 aromatic carbocycles. The summed E-state index contributed by atoms with van der Waals surface area (Å²) in [6.45, 7) is 0.997. The number of thiocarbonyl (C=S) groups is 1. The van der Waals surface area contributed by atoms with E-state index in [4.69, 9.17) is 17.5 Å². The second-order valence-corrected chi connectivity index (χ2v) is 9.04. The van der Waals surface area contributed by atoms with E-state index in [0.29, 0.717) is 25.9 Å². The highest BCUT2D eigenvalue weighted by molar-refractivity contribution is 7.81. The zero-order valence-electron chi connectivity index (χ0n) is 19.3. The topological polar surface area (TPSA) is 79.7 Å². The summed E-state index contributed by atoms with van der Waals surface area (Å²) >= 11 is 5.60. The summed E-state index contributed by atoms with van der Waals surface area (Å²) in [4.78, 5) is 30.3. The van der Waals surface area contributed by atoms with Gasteiger partial charge in [0.25, 0.3) is 11.8 Å². The number of benzene rings is 2. The van der Waals surface area contributed by atoms with E-state index in [-0.39, 0.29) is 22.1 Å². The molecule has 2 fully saturated rings. The van der Waals surface area contributed by atoms with E-state index in [1.807, 2.05) is 11.9 Å². The Morgan fingerprint density at radius 2 is 1.78 bits per heavy atom. The van der Waals surface area contributed by atoms with Crippen LogP contribution in [0.3, 0.4) is 0 Å². The Morgan fingerprint density at radius 1 is 1.14 bits per heavy atom. The molecular weight excluding hydrogens is 498 g/mol. The van der Waals surface area contributed by atoms with Crippen molar-refractivity contribution in [2.75, 3.05) is 37.0 Å². The quantitative estimate of drug-likeness (QED) is 0.493. The minimum Gasteiger partial charge on any atom is -0.355 e. The molecule has 2 heterocycles. The second-order valence-electron chi connectivity index (χ2n) is 8.68. The standard InChI is InChI=1S/C24H21F4N5O2S/c1-30-20(34)17-6-5-16(12-19(17)25)33-22(36)32(21(35)23(33)7-9-31(2)10-8-23)15-4-3-14(13-29)18(11-15)24(26,27)28/h3-6,11-12H,7-10H2,1-2H3,(H,30,34). The van der Waals surface area contributed by atoms with Gasteiger partial charge in [-0.15, -0.1) is 0 Å². The van der Waals surface area contributed by atoms with Gasteiger partial charge in [-0.2, -0.15) is 18.4 Å². The molecule has 0 saturated carbocycles. The summed E-state index contributed by atoms with van der Waals surface area (Å²) in [6.07, 6.45) is -4.24. The van der Waals surface area contributed by atoms with Crippen LogP contribution in [0.25, 0.3) is 0 Å². The minimum atomic E-state index is -4.82. The van der Waals surface area contributed by atoms with Crippen molar-refractivity contribution in [2.45, 2.75) is 24.6 Å². The van der Waals surface area contributed by atoms with Gasteiger partial charge in [-0.1, -0.05) is 0 Å². The Balaban J connectivity index is 1.85. The SMILES string of the molecule is CNC(=O)c1ccc(N2C(=S)N(c3ccc(C#N)c(C(F)(F)F)c3)C(=O)C23CCN(C)CC3)cc1F. The molecular formula is C24H21F4N5O2S. The van der Waals surface area contributed by atoms with Crippen LogP contribution >= 0.6 is 12.2 Å². The highest BCUT2D eigenvalue weighted by atomic mass is 32.1. The average Bonchev–Trinajstić information content (AvgIpc) is 3.05. The van der Waals surface area contributed by atoms with Gasteiger partial charge in [-0.25, -0.2) is 4.39 Å². The van der Waals surface area contributed by atoms with Crippen LogP contribution in [0.2, 0.25) is 0 Å². The zero-order valence-corrected chi connectivity index (χ0v) is 20.1. The number of likely N-dealkylation sites (tertiary alicyclic amines) is 1. The maximum absolute atomic E-state index is 14.9. The molecule has 2 saturated heterocycles. The van der Waals surface area contributed by atoms with Crippen molar-refractivity contribution in [3.05, 3.63) is 58.9 Å². The van der Waals surface area contributed by atoms with Crippen molar-refractivity contribution >= 4 is 40.5 Å². The normalized spacial score (nSPS) is 18.0. The molecule has 2 aromatic rings. The lowest BCUT2D eigenvalue weighted by molar-refractivity contribution is -0.137. The third-order valence-electron chi connectivity index (χ3n) is 6.60. The van der Waals surface area contributed by atoms with E-state index < -0.39 is 40.5 Å². The average molecular weight is 520 g/mol. The van der Waals surface area contributed by atoms with Crippen molar-refractivity contribution in [3.8, 4) is 6.07 Å². The van der Waals surface area contributed by atoms with E-state index in [0.717, 1.165) is 23.1 Å². The summed E-state index contributed by atoms with van der Waals surface area (Å²) in [5, 5.41) is 11.4. The molecule has 2 aliphatic rings. The van der Waals surface area contributed by atoms with Gasteiger partial charge < -0.3 is 15.1 Å². The number of hydrogen-bond acceptors (Lipinski definition) is 5. The Hall–Kier alpha value is -3.56. The molecule has 0 aromatic heterocycles. The molecule has 0 atom stereocenters. The monoisotopic (exact) mass is 519 g/mol. The molecule has 2 aliphatic heterocycles. The molecule has 4 rings (SSSR count). The maximum Gasteiger partial charge on any atom is 0.417 e. The number of hydrogen-bond donors (Lipinski definition) is 1. The number of rotatable bonds is 3. The second kappa shape index (κ2) is 9.15. The predicted molar refractivity (Wildman–Crippen MR) is 128 cm³/mol. The zero-order chi connectivity index (χ0) is 26.4. The van der Waals surface area contributed by atoms with Crippen LogP contribution in [0.4, 0.5) is 28.9 Å². The molecule has 12 heteroatoms. The van der Waals surface area contributed by atoms with E-state index >= 15 is 0 Å². The van der Waals surface area contributed by atoms with Gasteiger partial charge in [0.15, 0.2) is 5.11 Å². The highest BCUT2D eigenvalue weighted by Crippen LogP contribution is 2.44. The first-order chi connectivity index (χ1) is 16.9. The Morgan fingerprint density at radius 3 is 2.33 bits per heavy atom. The number of nitriles is 1. The van der Waals surface area contributed by atoms with Crippen molar-refractivity contribution < 1.29 is 27.2 Å². The summed E-state index contributed by atoms with van der Waals surface area (Å²) < 4.78 is 55.8. The first-order valence-electron chi connectivity index (χ1n) is 10.9. The Labute approximate surface area is 209 Å². The smallest absolute Gasteiger partial charge is 0.355 e. The number of carbonyl (C=O) groups is 2. The molecule has 36 heavy (non-hydrogen) atoms. The van der Waals surface area contributed by atoms with Crippen LogP contribution in [-0.2, 0) is 11.0 Å². The van der Waals surface area contributed by atoms with Gasteiger partial charge in [0.1, 0.15) is 11.4 Å². The fraction of sp³-hybridized carbons (Fsp3) is 0.333. The molecule has 188 valence electrons. The van der Waals surface area contributed by atoms with Crippen LogP contribution in [0.5, 0.6) is 0 Å². The predicted octanol–water partition coefficient (Wildman–Crippen LogP) is 3.68. The van der Waals surface area contributed by atoms with Crippen LogP contribution in [0, 0.1) is 17.1 Å². The summed E-state index contributed by atoms with van der Waals surface area (Å²) in [5.41, 5.74) is -3.16. The molecule has 1 N–H and O–H groups in total. The van der Waals surface area contributed by atoms with E-state index in [2.05, 4.69) is 5.32 Å². The van der Waals surface area contributed by atoms with Gasteiger partial charge >= 0.3 is 6.18 Å². The summed E-state index contributed by atoms with van der Waals surface area (Å²) in [6, 6.07) is 8.29. The molecule has 1 spiro atoms. The van der Waals surface area contributed by atoms with E-state index in [1.54, 1.807) is 0 Å². The number of carbonyl (C=O) groups excluding carboxylic acids is 2. The van der Waals surface area contributed by atoms with E-state index in [1.165, 1.54) is 36.2 Å². The lowest BCUT2D eigenvalue weighted by Crippen LogP contribution is -2.56. The molecule has 7 nitrogen and oxygen atoms in total.